The lowest BCUT2D eigenvalue weighted by molar-refractivity contribution is 0.174. The standard InChI is InChI=1S/C18H22N4O2/c1-12-4-6-22(7-5-12)18-20-14(10-19)9-15(21-18)13-2-3-16-17(8-13)24-11-23-16/h2-3,8-9,12H,4-7,10-11,19H2,1H3. The second kappa shape index (κ2) is 6.28. The van der Waals surface area contributed by atoms with E-state index in [4.69, 9.17) is 20.2 Å². The number of hydrogen-bond donors (Lipinski definition) is 1. The summed E-state index contributed by atoms with van der Waals surface area (Å²) in [6, 6.07) is 7.84. The lowest BCUT2D eigenvalue weighted by Gasteiger charge is -2.30. The molecule has 2 N–H and O–H groups in total. The zero-order chi connectivity index (χ0) is 16.5. The van der Waals surface area contributed by atoms with Crippen LogP contribution in [-0.2, 0) is 6.54 Å². The molecule has 0 spiro atoms. The van der Waals surface area contributed by atoms with Crippen LogP contribution in [0.4, 0.5) is 5.95 Å². The molecule has 0 bridgehead atoms. The highest BCUT2D eigenvalue weighted by molar-refractivity contribution is 5.65. The molecule has 6 nitrogen and oxygen atoms in total. The number of nitrogens with zero attached hydrogens (tertiary/aromatic N) is 3. The van der Waals surface area contributed by atoms with Crippen LogP contribution in [0.15, 0.2) is 24.3 Å². The Hall–Kier alpha value is -2.34. The molecule has 0 saturated carbocycles. The maximum absolute atomic E-state index is 5.85. The number of piperidine rings is 1. The maximum Gasteiger partial charge on any atom is 0.231 e. The van der Waals surface area contributed by atoms with Crippen LogP contribution in [0, 0.1) is 5.92 Å². The molecular formula is C18H22N4O2. The van der Waals surface area contributed by atoms with E-state index in [-0.39, 0.29) is 6.79 Å². The van der Waals surface area contributed by atoms with Gasteiger partial charge in [0.2, 0.25) is 12.7 Å². The average Bonchev–Trinajstić information content (AvgIpc) is 3.09. The van der Waals surface area contributed by atoms with E-state index in [1.54, 1.807) is 0 Å². The first kappa shape index (κ1) is 15.2. The number of fused-ring (bicyclic) bond motifs is 1. The number of nitrogens with two attached hydrogens (primary N) is 1. The minimum absolute atomic E-state index is 0.272. The van der Waals surface area contributed by atoms with Crippen LogP contribution in [0.25, 0.3) is 11.3 Å². The first-order valence-corrected chi connectivity index (χ1v) is 8.46. The van der Waals surface area contributed by atoms with Crippen molar-refractivity contribution >= 4 is 5.95 Å². The first-order chi connectivity index (χ1) is 11.7. The van der Waals surface area contributed by atoms with Gasteiger partial charge >= 0.3 is 0 Å². The summed E-state index contributed by atoms with van der Waals surface area (Å²) in [6.45, 7) is 4.96. The number of rotatable bonds is 3. The summed E-state index contributed by atoms with van der Waals surface area (Å²) in [5.41, 5.74) is 8.57. The molecule has 2 aliphatic heterocycles. The molecular weight excluding hydrogens is 304 g/mol. The lowest BCUT2D eigenvalue weighted by atomic mass is 10.00. The van der Waals surface area contributed by atoms with E-state index in [0.29, 0.717) is 6.54 Å². The molecule has 4 rings (SSSR count). The van der Waals surface area contributed by atoms with E-state index < -0.39 is 0 Å². The van der Waals surface area contributed by atoms with Crippen LogP contribution in [0.1, 0.15) is 25.5 Å². The van der Waals surface area contributed by atoms with Gasteiger partial charge in [0.15, 0.2) is 11.5 Å². The third-order valence-electron chi connectivity index (χ3n) is 4.71. The molecule has 1 aromatic carbocycles. The first-order valence-electron chi connectivity index (χ1n) is 8.46. The molecule has 3 heterocycles. The Morgan fingerprint density at radius 3 is 2.71 bits per heavy atom. The molecule has 126 valence electrons. The van der Waals surface area contributed by atoms with Crippen LogP contribution in [0.2, 0.25) is 0 Å². The molecule has 0 radical (unpaired) electrons. The van der Waals surface area contributed by atoms with Crippen LogP contribution in [0.3, 0.4) is 0 Å². The third-order valence-corrected chi connectivity index (χ3v) is 4.71. The quantitative estimate of drug-likeness (QED) is 0.934. The number of benzene rings is 1. The molecule has 24 heavy (non-hydrogen) atoms. The van der Waals surface area contributed by atoms with Crippen LogP contribution >= 0.6 is 0 Å². The maximum atomic E-state index is 5.85. The topological polar surface area (TPSA) is 73.5 Å². The molecule has 2 aliphatic rings. The molecule has 0 amide bonds. The Bertz CT molecular complexity index is 742. The smallest absolute Gasteiger partial charge is 0.231 e. The van der Waals surface area contributed by atoms with Crippen LogP contribution < -0.4 is 20.1 Å². The molecule has 1 aromatic heterocycles. The van der Waals surface area contributed by atoms with Crippen LogP contribution in [0.5, 0.6) is 11.5 Å². The average molecular weight is 326 g/mol. The molecule has 0 aliphatic carbocycles. The molecule has 1 saturated heterocycles. The van der Waals surface area contributed by atoms with E-state index in [1.165, 1.54) is 12.8 Å². The van der Waals surface area contributed by atoms with Crippen molar-refractivity contribution in [3.63, 3.8) is 0 Å². The Morgan fingerprint density at radius 2 is 1.92 bits per heavy atom. The van der Waals surface area contributed by atoms with Crippen molar-refractivity contribution in [2.45, 2.75) is 26.3 Å². The van der Waals surface area contributed by atoms with Crippen molar-refractivity contribution in [2.75, 3.05) is 24.8 Å². The van der Waals surface area contributed by atoms with Gasteiger partial charge < -0.3 is 20.1 Å². The van der Waals surface area contributed by atoms with Crippen molar-refractivity contribution < 1.29 is 9.47 Å². The van der Waals surface area contributed by atoms with E-state index in [9.17, 15) is 0 Å². The highest BCUT2D eigenvalue weighted by atomic mass is 16.7. The van der Waals surface area contributed by atoms with E-state index >= 15 is 0 Å². The van der Waals surface area contributed by atoms with Crippen molar-refractivity contribution in [2.24, 2.45) is 11.7 Å². The van der Waals surface area contributed by atoms with Gasteiger partial charge in [0.25, 0.3) is 0 Å². The van der Waals surface area contributed by atoms with Gasteiger partial charge in [0.1, 0.15) is 0 Å². The van der Waals surface area contributed by atoms with Crippen molar-refractivity contribution in [3.05, 3.63) is 30.0 Å². The molecule has 0 atom stereocenters. The largest absolute Gasteiger partial charge is 0.454 e. The zero-order valence-corrected chi connectivity index (χ0v) is 13.9. The van der Waals surface area contributed by atoms with Gasteiger partial charge in [-0.05, 0) is 43.0 Å². The van der Waals surface area contributed by atoms with Gasteiger partial charge in [0.05, 0.1) is 11.4 Å². The minimum atomic E-state index is 0.272. The van der Waals surface area contributed by atoms with Gasteiger partial charge in [-0.1, -0.05) is 6.92 Å². The zero-order valence-electron chi connectivity index (χ0n) is 13.9. The lowest BCUT2D eigenvalue weighted by Crippen LogP contribution is -2.34. The Labute approximate surface area is 141 Å². The fourth-order valence-corrected chi connectivity index (χ4v) is 3.14. The SMILES string of the molecule is CC1CCN(c2nc(CN)cc(-c3ccc4c(c3)OCO4)n2)CC1. The van der Waals surface area contributed by atoms with Crippen molar-refractivity contribution in [1.82, 2.24) is 9.97 Å². The van der Waals surface area contributed by atoms with E-state index in [1.807, 2.05) is 24.3 Å². The van der Waals surface area contributed by atoms with E-state index in [2.05, 4.69) is 16.8 Å². The summed E-state index contributed by atoms with van der Waals surface area (Å²) in [6.07, 6.45) is 2.35. The van der Waals surface area contributed by atoms with Gasteiger partial charge in [-0.15, -0.1) is 0 Å². The predicted octanol–water partition coefficient (Wildman–Crippen LogP) is 2.57. The number of anilines is 1. The molecule has 6 heteroatoms. The predicted molar refractivity (Wildman–Crippen MR) is 92.1 cm³/mol. The monoisotopic (exact) mass is 326 g/mol. The third kappa shape index (κ3) is 2.89. The summed E-state index contributed by atoms with van der Waals surface area (Å²) >= 11 is 0. The Morgan fingerprint density at radius 1 is 1.12 bits per heavy atom. The number of aromatic nitrogens is 2. The van der Waals surface area contributed by atoms with Gasteiger partial charge in [0, 0.05) is 25.2 Å². The Balaban J connectivity index is 1.69. The molecule has 2 aromatic rings. The van der Waals surface area contributed by atoms with Gasteiger partial charge in [-0.2, -0.15) is 0 Å². The highest BCUT2D eigenvalue weighted by Gasteiger charge is 2.20. The highest BCUT2D eigenvalue weighted by Crippen LogP contribution is 2.36. The summed E-state index contributed by atoms with van der Waals surface area (Å²) < 4.78 is 10.9. The van der Waals surface area contributed by atoms with Crippen molar-refractivity contribution in [1.29, 1.82) is 0 Å². The van der Waals surface area contributed by atoms with Gasteiger partial charge in [-0.25, -0.2) is 9.97 Å². The fraction of sp³-hybridized carbons (Fsp3) is 0.444. The van der Waals surface area contributed by atoms with E-state index in [0.717, 1.165) is 53.4 Å². The molecule has 0 unspecified atom stereocenters. The minimum Gasteiger partial charge on any atom is -0.454 e. The normalized spacial score (nSPS) is 17.3. The summed E-state index contributed by atoms with van der Waals surface area (Å²) in [5.74, 6) is 3.08. The fourth-order valence-electron chi connectivity index (χ4n) is 3.14. The summed E-state index contributed by atoms with van der Waals surface area (Å²) in [7, 11) is 0. The second-order valence-electron chi connectivity index (χ2n) is 6.49. The molecule has 1 fully saturated rings. The number of hydrogen-bond acceptors (Lipinski definition) is 6. The van der Waals surface area contributed by atoms with Gasteiger partial charge in [-0.3, -0.25) is 0 Å². The van der Waals surface area contributed by atoms with Crippen molar-refractivity contribution in [3.8, 4) is 22.8 Å². The second-order valence-corrected chi connectivity index (χ2v) is 6.49. The summed E-state index contributed by atoms with van der Waals surface area (Å²) in [5, 5.41) is 0. The summed E-state index contributed by atoms with van der Waals surface area (Å²) in [4.78, 5) is 11.7. The number of ether oxygens (including phenoxy) is 2. The van der Waals surface area contributed by atoms with Crippen LogP contribution in [-0.4, -0.2) is 29.9 Å². The Kier molecular flexibility index (Phi) is 3.98.